The highest BCUT2D eigenvalue weighted by Crippen LogP contribution is 2.25. The third kappa shape index (κ3) is 17.3. The Bertz CT molecular complexity index is 517. The van der Waals surface area contributed by atoms with Crippen molar-refractivity contribution in [2.24, 2.45) is 10.8 Å². The Kier molecular flexibility index (Phi) is 11.0. The molecule has 2 rings (SSSR count). The summed E-state index contributed by atoms with van der Waals surface area (Å²) in [4.78, 5) is 4.42. The summed E-state index contributed by atoms with van der Waals surface area (Å²) in [6, 6.07) is 7.84. The van der Waals surface area contributed by atoms with Crippen molar-refractivity contribution in [3.05, 3.63) is 30.2 Å². The second kappa shape index (κ2) is 10.6. The molecule has 146 valence electrons. The summed E-state index contributed by atoms with van der Waals surface area (Å²) in [5, 5.41) is 0. The maximum Gasteiger partial charge on any atom is 0.200 e. The smallest absolute Gasteiger partial charge is 0.200 e. The van der Waals surface area contributed by atoms with Gasteiger partial charge >= 0.3 is 0 Å². The van der Waals surface area contributed by atoms with Crippen LogP contribution in [0.2, 0.25) is 0 Å². The predicted octanol–water partition coefficient (Wildman–Crippen LogP) is 8.26. The van der Waals surface area contributed by atoms with Crippen molar-refractivity contribution < 1.29 is 4.42 Å². The average Bonchev–Trinajstić information content (AvgIpc) is 2.81. The topological polar surface area (TPSA) is 26.0 Å². The first-order valence-electron chi connectivity index (χ1n) is 9.43. The highest BCUT2D eigenvalue weighted by Gasteiger charge is 2.20. The van der Waals surface area contributed by atoms with Crippen LogP contribution in [0.4, 0.5) is 0 Å². The van der Waals surface area contributed by atoms with E-state index in [1.807, 2.05) is 38.1 Å². The first kappa shape index (κ1) is 25.9. The summed E-state index contributed by atoms with van der Waals surface area (Å²) in [6.45, 7) is 27.8. The van der Waals surface area contributed by atoms with Gasteiger partial charge in [-0.05, 0) is 23.0 Å². The minimum atomic E-state index is -0.0149. The summed E-state index contributed by atoms with van der Waals surface area (Å²) >= 11 is 0. The Morgan fingerprint density at radius 1 is 0.680 bits per heavy atom. The number of aromatic nitrogens is 1. The molecule has 0 bridgehead atoms. The molecule has 0 spiro atoms. The number of para-hydroxylation sites is 2. The van der Waals surface area contributed by atoms with E-state index < -0.39 is 0 Å². The molecule has 2 nitrogen and oxygen atoms in total. The first-order valence-corrected chi connectivity index (χ1v) is 9.43. The third-order valence-electron chi connectivity index (χ3n) is 1.94. The third-order valence-corrected chi connectivity index (χ3v) is 1.94. The van der Waals surface area contributed by atoms with Gasteiger partial charge in [-0.2, -0.15) is 0 Å². The van der Waals surface area contributed by atoms with Crippen molar-refractivity contribution in [1.29, 1.82) is 0 Å². The van der Waals surface area contributed by atoms with Crippen LogP contribution in [-0.4, -0.2) is 4.98 Å². The second-order valence-electron chi connectivity index (χ2n) is 10.2. The van der Waals surface area contributed by atoms with Crippen molar-refractivity contribution >= 4 is 11.1 Å². The van der Waals surface area contributed by atoms with Crippen LogP contribution in [0, 0.1) is 10.8 Å². The predicted molar refractivity (Wildman–Crippen MR) is 114 cm³/mol. The Hall–Kier alpha value is -1.31. The molecule has 0 aliphatic heterocycles. The van der Waals surface area contributed by atoms with E-state index >= 15 is 0 Å². The molecule has 2 aromatic rings. The Balaban J connectivity index is 0. The lowest BCUT2D eigenvalue weighted by Crippen LogP contribution is -2.10. The van der Waals surface area contributed by atoms with Gasteiger partial charge in [0.2, 0.25) is 5.89 Å². The van der Waals surface area contributed by atoms with Crippen molar-refractivity contribution in [3.63, 3.8) is 0 Å². The van der Waals surface area contributed by atoms with E-state index in [1.54, 1.807) is 0 Å². The first-order chi connectivity index (χ1) is 11.1. The van der Waals surface area contributed by atoms with Crippen LogP contribution < -0.4 is 0 Å². The van der Waals surface area contributed by atoms with Gasteiger partial charge in [0, 0.05) is 5.41 Å². The fourth-order valence-electron chi connectivity index (χ4n) is 1.19. The Labute approximate surface area is 157 Å². The van der Waals surface area contributed by atoms with Gasteiger partial charge in [0.15, 0.2) is 5.58 Å². The molecule has 0 amide bonds. The molecular formula is C23H43NO. The van der Waals surface area contributed by atoms with Gasteiger partial charge in [-0.1, -0.05) is 102 Å². The maximum absolute atomic E-state index is 5.62. The van der Waals surface area contributed by atoms with Crippen LogP contribution in [0.15, 0.2) is 28.7 Å². The zero-order valence-electron chi connectivity index (χ0n) is 19.2. The second-order valence-corrected chi connectivity index (χ2v) is 10.2. The fraction of sp³-hybridized carbons (Fsp3) is 0.696. The molecule has 0 unspecified atom stereocenters. The summed E-state index contributed by atoms with van der Waals surface area (Å²) < 4.78 is 5.62. The summed E-state index contributed by atoms with van der Waals surface area (Å²) in [5.41, 5.74) is 2.79. The average molecular weight is 350 g/mol. The summed E-state index contributed by atoms with van der Waals surface area (Å²) in [7, 11) is 0. The lowest BCUT2D eigenvalue weighted by Gasteiger charge is -2.11. The van der Waals surface area contributed by atoms with E-state index in [1.165, 1.54) is 0 Å². The van der Waals surface area contributed by atoms with E-state index in [9.17, 15) is 0 Å². The van der Waals surface area contributed by atoms with E-state index in [0.717, 1.165) is 17.0 Å². The monoisotopic (exact) mass is 349 g/mol. The lowest BCUT2D eigenvalue weighted by atomic mass is 9.97. The maximum atomic E-state index is 5.62. The van der Waals surface area contributed by atoms with Crippen LogP contribution in [-0.2, 0) is 5.41 Å². The Morgan fingerprint density at radius 2 is 1.04 bits per heavy atom. The van der Waals surface area contributed by atoms with Gasteiger partial charge in [-0.15, -0.1) is 0 Å². The molecule has 1 heterocycles. The van der Waals surface area contributed by atoms with E-state index in [0.29, 0.717) is 10.8 Å². The fourth-order valence-corrected chi connectivity index (χ4v) is 1.19. The molecular weight excluding hydrogens is 306 g/mol. The normalized spacial score (nSPS) is 11.4. The molecule has 1 aromatic heterocycles. The van der Waals surface area contributed by atoms with Gasteiger partial charge in [0.25, 0.3) is 0 Å². The van der Waals surface area contributed by atoms with Crippen molar-refractivity contribution in [2.75, 3.05) is 0 Å². The van der Waals surface area contributed by atoms with E-state index in [2.05, 4.69) is 81.1 Å². The zero-order valence-corrected chi connectivity index (χ0v) is 19.2. The highest BCUT2D eigenvalue weighted by molar-refractivity contribution is 5.72. The lowest BCUT2D eigenvalue weighted by molar-refractivity contribution is 0.411. The minimum Gasteiger partial charge on any atom is -0.440 e. The molecule has 0 aliphatic carbocycles. The van der Waals surface area contributed by atoms with Crippen molar-refractivity contribution in [3.8, 4) is 0 Å². The molecule has 25 heavy (non-hydrogen) atoms. The SMILES string of the molecule is CC.CC(C)(C)C.CC(C)(C)C.CC(C)(C)c1nc2ccccc2o1. The Morgan fingerprint density at radius 3 is 1.36 bits per heavy atom. The molecule has 0 atom stereocenters. The van der Waals surface area contributed by atoms with Gasteiger partial charge in [-0.25, -0.2) is 4.98 Å². The standard InChI is InChI=1S/C11H13NO.2C5H12.C2H6/c1-11(2,3)10-12-8-6-4-5-7-9(8)13-10;2*1-5(2,3)4;1-2/h4-7H,1-3H3;2*1-4H3;1-2H3. The number of fused-ring (bicyclic) bond motifs is 1. The van der Waals surface area contributed by atoms with Gasteiger partial charge < -0.3 is 4.42 Å². The van der Waals surface area contributed by atoms with E-state index in [-0.39, 0.29) is 5.41 Å². The molecule has 1 aromatic carbocycles. The largest absolute Gasteiger partial charge is 0.440 e. The van der Waals surface area contributed by atoms with Gasteiger partial charge in [0.1, 0.15) is 5.52 Å². The number of benzene rings is 1. The van der Waals surface area contributed by atoms with Crippen LogP contribution in [0.5, 0.6) is 0 Å². The van der Waals surface area contributed by atoms with Crippen LogP contribution in [0.3, 0.4) is 0 Å². The quantitative estimate of drug-likeness (QED) is 0.478. The van der Waals surface area contributed by atoms with E-state index in [4.69, 9.17) is 4.42 Å². The number of nitrogens with zero attached hydrogens (tertiary/aromatic N) is 1. The zero-order chi connectivity index (χ0) is 20.5. The van der Waals surface area contributed by atoms with Gasteiger partial charge in [-0.3, -0.25) is 0 Å². The van der Waals surface area contributed by atoms with Crippen molar-refractivity contribution in [1.82, 2.24) is 4.98 Å². The molecule has 0 N–H and O–H groups in total. The molecule has 0 saturated carbocycles. The number of hydrogen-bond donors (Lipinski definition) is 0. The minimum absolute atomic E-state index is 0.0149. The summed E-state index contributed by atoms with van der Waals surface area (Å²) in [5.74, 6) is 0.800. The molecule has 0 fully saturated rings. The highest BCUT2D eigenvalue weighted by atomic mass is 16.3. The molecule has 0 radical (unpaired) electrons. The van der Waals surface area contributed by atoms with Crippen LogP contribution in [0.25, 0.3) is 11.1 Å². The van der Waals surface area contributed by atoms with Crippen molar-refractivity contribution in [2.45, 2.75) is 95.4 Å². The van der Waals surface area contributed by atoms with Crippen LogP contribution in [0.1, 0.15) is 95.9 Å². The molecule has 0 saturated heterocycles. The molecule has 0 aliphatic rings. The molecule has 2 heteroatoms. The number of oxazole rings is 1. The number of hydrogen-bond acceptors (Lipinski definition) is 2. The summed E-state index contributed by atoms with van der Waals surface area (Å²) in [6.07, 6.45) is 0. The van der Waals surface area contributed by atoms with Gasteiger partial charge in [0.05, 0.1) is 0 Å². The number of rotatable bonds is 0. The van der Waals surface area contributed by atoms with Crippen LogP contribution >= 0.6 is 0 Å².